The first-order valence-electron chi connectivity index (χ1n) is 6.11. The number of hydrogen-bond acceptors (Lipinski definition) is 0. The lowest BCUT2D eigenvalue weighted by atomic mass is 9.17. The molecule has 0 bridgehead atoms. The molecule has 0 saturated heterocycles. The Morgan fingerprint density at radius 2 is 1.06 bits per heavy atom. The fraction of sp³-hybridized carbons (Fsp3) is 0.833. The molecule has 0 aromatic carbocycles. The Morgan fingerprint density at radius 3 is 1.33 bits per heavy atom. The van der Waals surface area contributed by atoms with Gasteiger partial charge in [0.25, 0.3) is 0 Å². The van der Waals surface area contributed by atoms with Gasteiger partial charge in [0.05, 0.1) is 0 Å². The first-order chi connectivity index (χ1) is 8.29. The molecule has 8 atom stereocenters. The number of fused-ring (bicyclic) bond motifs is 10. The van der Waals surface area contributed by atoms with E-state index >= 15 is 0 Å². The minimum Gasteiger partial charge on any atom is -0.236 e. The lowest BCUT2D eigenvalue weighted by Crippen LogP contribution is -3.07. The SMILES string of the molecule is FC1=C(F)[C@]2(F)[C@@]1(F)[C@@]1(F)[C@@H]3[C@H]4CC[C@H]4[C@@H]3[C@@]21F. The van der Waals surface area contributed by atoms with Crippen LogP contribution >= 0.6 is 0 Å². The molecule has 0 aromatic rings. The minimum atomic E-state index is -3.72. The Hall–Kier alpha value is -0.680. The summed E-state index contributed by atoms with van der Waals surface area (Å²) in [6.07, 6.45) is 1.27. The Balaban J connectivity index is 1.73. The molecule has 0 aromatic heterocycles. The largest absolute Gasteiger partial charge is 0.245 e. The van der Waals surface area contributed by atoms with Crippen LogP contribution in [0.25, 0.3) is 0 Å². The van der Waals surface area contributed by atoms with E-state index in [4.69, 9.17) is 0 Å². The van der Waals surface area contributed by atoms with E-state index < -0.39 is 46.2 Å². The van der Waals surface area contributed by atoms with E-state index in [-0.39, 0.29) is 11.8 Å². The van der Waals surface area contributed by atoms with Crippen LogP contribution in [-0.4, -0.2) is 22.7 Å². The molecule has 4 fully saturated rings. The van der Waals surface area contributed by atoms with E-state index in [1.54, 1.807) is 0 Å². The fourth-order valence-corrected chi connectivity index (χ4v) is 5.57. The topological polar surface area (TPSA) is 0 Å². The molecule has 4 saturated carbocycles. The summed E-state index contributed by atoms with van der Waals surface area (Å²) in [7, 11) is 0. The van der Waals surface area contributed by atoms with Gasteiger partial charge in [0.2, 0.25) is 11.3 Å². The Bertz CT molecular complexity index is 511. The molecular formula is C12H8F6. The second-order valence-corrected chi connectivity index (χ2v) is 6.33. The van der Waals surface area contributed by atoms with Crippen LogP contribution in [0.1, 0.15) is 12.8 Å². The normalized spacial score (nSPS) is 74.3. The molecule has 0 amide bonds. The highest BCUT2D eigenvalue weighted by Crippen LogP contribution is 2.93. The van der Waals surface area contributed by atoms with Crippen molar-refractivity contribution in [1.82, 2.24) is 0 Å². The maximum absolute atomic E-state index is 14.5. The monoisotopic (exact) mass is 266 g/mol. The van der Waals surface area contributed by atoms with Crippen LogP contribution < -0.4 is 0 Å². The lowest BCUT2D eigenvalue weighted by Gasteiger charge is -2.88. The van der Waals surface area contributed by atoms with Crippen LogP contribution in [0.4, 0.5) is 26.3 Å². The molecule has 6 heteroatoms. The predicted molar refractivity (Wildman–Crippen MR) is 47.8 cm³/mol. The zero-order valence-corrected chi connectivity index (χ0v) is 8.99. The Labute approximate surface area is 98.0 Å². The van der Waals surface area contributed by atoms with Crippen molar-refractivity contribution < 1.29 is 26.3 Å². The third-order valence-electron chi connectivity index (χ3n) is 6.42. The zero-order chi connectivity index (χ0) is 12.9. The molecule has 0 N–H and O–H groups in total. The van der Waals surface area contributed by atoms with Crippen LogP contribution in [0.2, 0.25) is 0 Å². The van der Waals surface area contributed by atoms with Crippen molar-refractivity contribution in [3.8, 4) is 0 Å². The van der Waals surface area contributed by atoms with Crippen LogP contribution in [-0.2, 0) is 0 Å². The van der Waals surface area contributed by atoms with Gasteiger partial charge in [-0.15, -0.1) is 0 Å². The molecular weight excluding hydrogens is 258 g/mol. The van der Waals surface area contributed by atoms with Gasteiger partial charge in [-0.1, -0.05) is 0 Å². The first-order valence-corrected chi connectivity index (χ1v) is 6.11. The first kappa shape index (κ1) is 10.1. The van der Waals surface area contributed by atoms with E-state index in [0.717, 1.165) is 0 Å². The number of hydrogen-bond donors (Lipinski definition) is 0. The van der Waals surface area contributed by atoms with Gasteiger partial charge in [-0.25, -0.2) is 26.3 Å². The van der Waals surface area contributed by atoms with Gasteiger partial charge in [-0.3, -0.25) is 0 Å². The minimum absolute atomic E-state index is 0.183. The molecule has 0 spiro atoms. The highest BCUT2D eigenvalue weighted by molar-refractivity contribution is 5.67. The van der Waals surface area contributed by atoms with Crippen LogP contribution in [0.5, 0.6) is 0 Å². The predicted octanol–water partition coefficient (Wildman–Crippen LogP) is 3.28. The summed E-state index contributed by atoms with van der Waals surface area (Å²) in [6, 6.07) is 0. The molecule has 98 valence electrons. The summed E-state index contributed by atoms with van der Waals surface area (Å²) in [5, 5.41) is 0. The summed E-state index contributed by atoms with van der Waals surface area (Å²) in [5.41, 5.74) is -13.8. The van der Waals surface area contributed by atoms with Gasteiger partial charge in [-0.05, 0) is 24.7 Å². The fourth-order valence-electron chi connectivity index (χ4n) is 5.57. The Morgan fingerprint density at radius 1 is 0.722 bits per heavy atom. The van der Waals surface area contributed by atoms with E-state index in [1.165, 1.54) is 0 Å². The van der Waals surface area contributed by atoms with Crippen molar-refractivity contribution in [1.29, 1.82) is 0 Å². The summed E-state index contributed by atoms with van der Waals surface area (Å²) in [6.45, 7) is 0. The van der Waals surface area contributed by atoms with Crippen LogP contribution in [0.15, 0.2) is 11.7 Å². The van der Waals surface area contributed by atoms with E-state index in [2.05, 4.69) is 0 Å². The quantitative estimate of drug-likeness (QED) is 0.466. The maximum Gasteiger partial charge on any atom is 0.245 e. The summed E-state index contributed by atoms with van der Waals surface area (Å²) >= 11 is 0. The van der Waals surface area contributed by atoms with Gasteiger partial charge in [0, 0.05) is 11.8 Å². The number of alkyl halides is 4. The number of halogens is 6. The van der Waals surface area contributed by atoms with Gasteiger partial charge >= 0.3 is 0 Å². The highest BCUT2D eigenvalue weighted by Gasteiger charge is 3.12. The number of rotatable bonds is 0. The van der Waals surface area contributed by atoms with Crippen molar-refractivity contribution in [2.45, 2.75) is 35.5 Å². The van der Waals surface area contributed by atoms with Crippen LogP contribution in [0.3, 0.4) is 0 Å². The summed E-state index contributed by atoms with van der Waals surface area (Å²) in [5.74, 6) is -6.48. The van der Waals surface area contributed by atoms with Crippen molar-refractivity contribution >= 4 is 0 Å². The second kappa shape index (κ2) is 2.04. The molecule has 18 heavy (non-hydrogen) atoms. The van der Waals surface area contributed by atoms with Crippen molar-refractivity contribution in [3.05, 3.63) is 11.7 Å². The van der Waals surface area contributed by atoms with Gasteiger partial charge in [0.15, 0.2) is 23.0 Å². The zero-order valence-electron chi connectivity index (χ0n) is 8.99. The lowest BCUT2D eigenvalue weighted by molar-refractivity contribution is -0.501. The smallest absolute Gasteiger partial charge is 0.236 e. The second-order valence-electron chi connectivity index (χ2n) is 6.33. The molecule has 0 radical (unpaired) electrons. The molecule has 0 unspecified atom stereocenters. The van der Waals surface area contributed by atoms with E-state index in [9.17, 15) is 26.3 Å². The molecule has 0 heterocycles. The summed E-state index contributed by atoms with van der Waals surface area (Å²) < 4.78 is 83.7. The van der Waals surface area contributed by atoms with Crippen molar-refractivity contribution in [2.24, 2.45) is 23.7 Å². The maximum atomic E-state index is 14.5. The third kappa shape index (κ3) is 0.442. The standard InChI is InChI=1S/C12H8F6/c13-7-8(14)12(18)10(16)6-4-2-1-3(4)5(6)9(10,15)11(7,12)17/h3-6H,1-2H2/t3-,4+,5+,6-,9+,10-,11-,12+. The molecule has 0 nitrogen and oxygen atoms in total. The van der Waals surface area contributed by atoms with Gasteiger partial charge in [-0.2, -0.15) is 0 Å². The van der Waals surface area contributed by atoms with Crippen LogP contribution in [0, 0.1) is 23.7 Å². The van der Waals surface area contributed by atoms with Gasteiger partial charge in [0.1, 0.15) is 0 Å². The molecule has 5 rings (SSSR count). The summed E-state index contributed by atoms with van der Waals surface area (Å²) in [4.78, 5) is 0. The molecule has 0 aliphatic heterocycles. The van der Waals surface area contributed by atoms with E-state index in [1.807, 2.05) is 0 Å². The average molecular weight is 266 g/mol. The van der Waals surface area contributed by atoms with Gasteiger partial charge < -0.3 is 0 Å². The highest BCUT2D eigenvalue weighted by atomic mass is 19.2. The van der Waals surface area contributed by atoms with E-state index in [0.29, 0.717) is 12.8 Å². The Kier molecular flexibility index (Phi) is 1.15. The van der Waals surface area contributed by atoms with Crippen molar-refractivity contribution in [3.63, 3.8) is 0 Å². The number of allylic oxidation sites excluding steroid dienone is 2. The van der Waals surface area contributed by atoms with Crippen molar-refractivity contribution in [2.75, 3.05) is 0 Å². The molecule has 5 aliphatic rings. The molecule has 5 aliphatic carbocycles. The average Bonchev–Trinajstić information content (AvgIpc) is 2.35. The third-order valence-corrected chi connectivity index (χ3v) is 6.42.